The van der Waals surface area contributed by atoms with Crippen molar-refractivity contribution >= 4 is 17.7 Å². The van der Waals surface area contributed by atoms with E-state index in [1.807, 2.05) is 36.0 Å². The van der Waals surface area contributed by atoms with Gasteiger partial charge in [-0.05, 0) is 67.9 Å². The van der Waals surface area contributed by atoms with Gasteiger partial charge >= 0.3 is 0 Å². The van der Waals surface area contributed by atoms with Crippen LogP contribution in [0.1, 0.15) is 55.0 Å². The maximum Gasteiger partial charge on any atom is 0.230 e. The Morgan fingerprint density at radius 2 is 1.58 bits per heavy atom. The van der Waals surface area contributed by atoms with E-state index in [1.165, 1.54) is 19.3 Å². The lowest BCUT2D eigenvalue weighted by Crippen LogP contribution is -2.54. The minimum Gasteiger partial charge on any atom is -0.489 e. The Morgan fingerprint density at radius 3 is 2.29 bits per heavy atom. The van der Waals surface area contributed by atoms with Crippen molar-refractivity contribution in [3.05, 3.63) is 65.7 Å². The van der Waals surface area contributed by atoms with Gasteiger partial charge in [-0.25, -0.2) is 0 Å². The molecule has 1 atom stereocenters. The predicted octanol–water partition coefficient (Wildman–Crippen LogP) is 6.06. The van der Waals surface area contributed by atoms with E-state index in [-0.39, 0.29) is 10.8 Å². The minimum absolute atomic E-state index is 0.0717. The largest absolute Gasteiger partial charge is 0.489 e. The first-order chi connectivity index (χ1) is 15.2. The molecular formula is C27H31NO2S. The molecular weight excluding hydrogens is 402 g/mol. The molecule has 5 fully saturated rings. The number of hydrogen-bond acceptors (Lipinski definition) is 3. The lowest BCUT2D eigenvalue weighted by molar-refractivity contribution is -0.157. The van der Waals surface area contributed by atoms with Gasteiger partial charge in [0.25, 0.3) is 0 Å². The van der Waals surface area contributed by atoms with Gasteiger partial charge in [-0.1, -0.05) is 48.5 Å². The van der Waals surface area contributed by atoms with Gasteiger partial charge in [0.05, 0.1) is 5.41 Å². The fourth-order valence-corrected chi connectivity index (χ4v) is 8.44. The fourth-order valence-electron chi connectivity index (χ4n) is 7.16. The molecule has 1 saturated heterocycles. The highest BCUT2D eigenvalue weighted by Gasteiger charge is 2.56. The van der Waals surface area contributed by atoms with Crippen molar-refractivity contribution in [2.45, 2.75) is 50.5 Å². The number of amides is 1. The van der Waals surface area contributed by atoms with E-state index in [1.54, 1.807) is 0 Å². The van der Waals surface area contributed by atoms with Crippen LogP contribution in [-0.4, -0.2) is 23.1 Å². The highest BCUT2D eigenvalue weighted by atomic mass is 32.2. The first-order valence-electron chi connectivity index (χ1n) is 11.9. The third kappa shape index (κ3) is 3.57. The number of nitrogens with zero attached hydrogens (tertiary/aromatic N) is 1. The molecule has 3 nitrogen and oxygen atoms in total. The van der Waals surface area contributed by atoms with Crippen molar-refractivity contribution in [2.75, 3.05) is 12.3 Å². The summed E-state index contributed by atoms with van der Waals surface area (Å²) in [4.78, 5) is 16.3. The zero-order valence-corrected chi connectivity index (χ0v) is 18.9. The van der Waals surface area contributed by atoms with Crippen LogP contribution in [-0.2, 0) is 11.4 Å². The van der Waals surface area contributed by atoms with Crippen LogP contribution in [0.3, 0.4) is 0 Å². The van der Waals surface area contributed by atoms with Crippen molar-refractivity contribution in [1.29, 1.82) is 0 Å². The van der Waals surface area contributed by atoms with E-state index >= 15 is 0 Å². The SMILES string of the molecule is O=C(N1CCSC1c1ccccc1OCc1ccccc1)C12CC3CC(CC(C3)C1)C2. The van der Waals surface area contributed by atoms with E-state index in [0.717, 1.165) is 66.2 Å². The van der Waals surface area contributed by atoms with Crippen LogP contribution in [0.2, 0.25) is 0 Å². The average molecular weight is 434 g/mol. The molecule has 1 heterocycles. The van der Waals surface area contributed by atoms with Gasteiger partial charge in [-0.3, -0.25) is 4.79 Å². The summed E-state index contributed by atoms with van der Waals surface area (Å²) in [5, 5.41) is 0.0764. The van der Waals surface area contributed by atoms with E-state index in [4.69, 9.17) is 4.74 Å². The molecule has 5 aliphatic rings. The number of para-hydroxylation sites is 1. The van der Waals surface area contributed by atoms with E-state index in [9.17, 15) is 4.79 Å². The summed E-state index contributed by atoms with van der Waals surface area (Å²) in [5.74, 6) is 4.75. The monoisotopic (exact) mass is 433 g/mol. The van der Waals surface area contributed by atoms with Gasteiger partial charge in [0.1, 0.15) is 17.7 Å². The zero-order chi connectivity index (χ0) is 20.8. The number of hydrogen-bond donors (Lipinski definition) is 0. The van der Waals surface area contributed by atoms with Crippen LogP contribution in [0.15, 0.2) is 54.6 Å². The van der Waals surface area contributed by atoms with Gasteiger partial charge in [0.15, 0.2) is 0 Å². The van der Waals surface area contributed by atoms with Gasteiger partial charge in [0, 0.05) is 17.9 Å². The molecule has 31 heavy (non-hydrogen) atoms. The molecule has 2 aromatic rings. The zero-order valence-electron chi connectivity index (χ0n) is 18.0. The molecule has 7 rings (SSSR count). The molecule has 4 aliphatic carbocycles. The van der Waals surface area contributed by atoms with Crippen LogP contribution < -0.4 is 4.74 Å². The van der Waals surface area contributed by atoms with E-state index in [2.05, 4.69) is 35.2 Å². The maximum atomic E-state index is 14.0. The van der Waals surface area contributed by atoms with Gasteiger partial charge in [0.2, 0.25) is 5.91 Å². The summed E-state index contributed by atoms with van der Waals surface area (Å²) in [5.41, 5.74) is 2.24. The topological polar surface area (TPSA) is 29.5 Å². The molecule has 4 saturated carbocycles. The van der Waals surface area contributed by atoms with Gasteiger partial charge in [-0.15, -0.1) is 11.8 Å². The minimum atomic E-state index is -0.0717. The highest BCUT2D eigenvalue weighted by molar-refractivity contribution is 7.99. The second-order valence-corrected chi connectivity index (χ2v) is 11.4. The van der Waals surface area contributed by atoms with Crippen LogP contribution in [0, 0.1) is 23.2 Å². The average Bonchev–Trinajstić information content (AvgIpc) is 3.27. The van der Waals surface area contributed by atoms with Crippen LogP contribution in [0.25, 0.3) is 0 Å². The van der Waals surface area contributed by atoms with Crippen molar-refractivity contribution in [1.82, 2.24) is 4.90 Å². The van der Waals surface area contributed by atoms with Crippen molar-refractivity contribution in [3.63, 3.8) is 0 Å². The Bertz CT molecular complexity index is 923. The smallest absolute Gasteiger partial charge is 0.230 e. The van der Waals surface area contributed by atoms with E-state index in [0.29, 0.717) is 12.5 Å². The number of rotatable bonds is 5. The van der Waals surface area contributed by atoms with E-state index < -0.39 is 0 Å². The Balaban J connectivity index is 1.24. The molecule has 4 heteroatoms. The third-order valence-corrected chi connectivity index (χ3v) is 9.31. The fraction of sp³-hybridized carbons (Fsp3) is 0.519. The maximum absolute atomic E-state index is 14.0. The third-order valence-electron chi connectivity index (χ3n) is 8.07. The van der Waals surface area contributed by atoms with Crippen LogP contribution >= 0.6 is 11.8 Å². The first-order valence-corrected chi connectivity index (χ1v) is 12.9. The van der Waals surface area contributed by atoms with Gasteiger partial charge in [-0.2, -0.15) is 0 Å². The molecule has 1 unspecified atom stereocenters. The standard InChI is InChI=1S/C27H31NO2S/c29-26(27-15-20-12-21(16-27)14-22(13-20)17-27)28-10-11-31-25(28)23-8-4-5-9-24(23)30-18-19-6-2-1-3-7-19/h1-9,20-22,25H,10-18H2. The van der Waals surface area contributed by atoms with Crippen molar-refractivity contribution in [3.8, 4) is 5.75 Å². The second kappa shape index (κ2) is 7.88. The molecule has 0 radical (unpaired) electrons. The lowest BCUT2D eigenvalue weighted by Gasteiger charge is -2.56. The molecule has 0 aromatic heterocycles. The Labute approximate surface area is 189 Å². The number of carbonyl (C=O) groups excluding carboxylic acids is 1. The van der Waals surface area contributed by atoms with Crippen LogP contribution in [0.5, 0.6) is 5.75 Å². The Morgan fingerprint density at radius 1 is 0.935 bits per heavy atom. The summed E-state index contributed by atoms with van der Waals surface area (Å²) < 4.78 is 6.26. The summed E-state index contributed by atoms with van der Waals surface area (Å²) in [6, 6.07) is 18.6. The number of thioether (sulfide) groups is 1. The molecule has 0 spiro atoms. The summed E-state index contributed by atoms with van der Waals surface area (Å²) in [6.07, 6.45) is 7.54. The second-order valence-electron chi connectivity index (χ2n) is 10.2. The Hall–Kier alpha value is -1.94. The van der Waals surface area contributed by atoms with Crippen molar-refractivity contribution in [2.24, 2.45) is 23.2 Å². The summed E-state index contributed by atoms with van der Waals surface area (Å²) >= 11 is 1.90. The predicted molar refractivity (Wildman–Crippen MR) is 125 cm³/mol. The summed E-state index contributed by atoms with van der Waals surface area (Å²) in [6.45, 7) is 1.42. The molecule has 1 amide bonds. The number of benzene rings is 2. The molecule has 4 bridgehead atoms. The summed E-state index contributed by atoms with van der Waals surface area (Å²) in [7, 11) is 0. The molecule has 2 aromatic carbocycles. The lowest BCUT2D eigenvalue weighted by atomic mass is 9.49. The normalized spacial score (nSPS) is 33.6. The van der Waals surface area contributed by atoms with Crippen LogP contribution in [0.4, 0.5) is 0 Å². The Kier molecular flexibility index (Phi) is 5.01. The molecule has 1 aliphatic heterocycles. The molecule has 162 valence electrons. The quantitative estimate of drug-likeness (QED) is 0.574. The first kappa shape index (κ1) is 19.7. The molecule has 0 N–H and O–H groups in total. The number of ether oxygens (including phenoxy) is 1. The number of carbonyl (C=O) groups is 1. The van der Waals surface area contributed by atoms with Crippen molar-refractivity contribution < 1.29 is 9.53 Å². The highest BCUT2D eigenvalue weighted by Crippen LogP contribution is 2.61. The van der Waals surface area contributed by atoms with Gasteiger partial charge < -0.3 is 9.64 Å².